The van der Waals surface area contributed by atoms with Gasteiger partial charge in [-0.05, 0) is 41.4 Å². The lowest BCUT2D eigenvalue weighted by Crippen LogP contribution is -2.44. The van der Waals surface area contributed by atoms with Crippen LogP contribution in [0.15, 0.2) is 64.1 Å². The summed E-state index contributed by atoms with van der Waals surface area (Å²) in [5.41, 5.74) is 7.69. The van der Waals surface area contributed by atoms with Crippen molar-refractivity contribution in [1.82, 2.24) is 10.1 Å². The highest BCUT2D eigenvalue weighted by Crippen LogP contribution is 2.65. The van der Waals surface area contributed by atoms with Gasteiger partial charge in [-0.15, -0.1) is 0 Å². The van der Waals surface area contributed by atoms with Gasteiger partial charge in [0.15, 0.2) is 11.7 Å². The fraction of sp³-hybridized carbons (Fsp3) is 0.469. The first-order valence-corrected chi connectivity index (χ1v) is 17.4. The number of Topliss-reactive ketones (excluding diaryl/α,β-unsaturated/α-hetero) is 1. The zero-order chi connectivity index (χ0) is 32.6. The normalized spacial score (nSPS) is 25.2. The number of aromatic nitrogens is 1. The predicted octanol–water partition coefficient (Wildman–Crippen LogP) is 5.55. The second kappa shape index (κ2) is 12.9. The SMILES string of the molecule is CC1(C)C2CCC1(CS(=O)(=O)O)C(=O)C2Br.C[C@@H](c1ccc(-c2ccccc2)c(F)c1)c1cc(N=C(N)N2CCOCC2)on1. The van der Waals surface area contributed by atoms with E-state index in [1.54, 1.807) is 18.2 Å². The zero-order valence-electron chi connectivity index (χ0n) is 25.4. The number of carbonyl (C=O) groups is 1. The largest absolute Gasteiger partial charge is 0.378 e. The van der Waals surface area contributed by atoms with E-state index in [0.717, 1.165) is 17.5 Å². The molecule has 13 heteroatoms. The number of halogens is 2. The Morgan fingerprint density at radius 2 is 1.89 bits per heavy atom. The highest BCUT2D eigenvalue weighted by Gasteiger charge is 2.69. The van der Waals surface area contributed by atoms with Gasteiger partial charge in [0.05, 0.1) is 34.9 Å². The molecule has 4 atom stereocenters. The van der Waals surface area contributed by atoms with E-state index in [4.69, 9.17) is 19.5 Å². The van der Waals surface area contributed by atoms with Crippen LogP contribution >= 0.6 is 15.9 Å². The van der Waals surface area contributed by atoms with Crippen LogP contribution in [0, 0.1) is 22.6 Å². The molecule has 1 aliphatic heterocycles. The minimum atomic E-state index is -4.12. The Bertz CT molecular complexity index is 1680. The van der Waals surface area contributed by atoms with Crippen LogP contribution in [0.4, 0.5) is 10.3 Å². The van der Waals surface area contributed by atoms with Crippen molar-refractivity contribution >= 4 is 43.7 Å². The highest BCUT2D eigenvalue weighted by molar-refractivity contribution is 9.10. The van der Waals surface area contributed by atoms with Gasteiger partial charge in [-0.2, -0.15) is 13.4 Å². The summed E-state index contributed by atoms with van der Waals surface area (Å²) in [7, 11) is -4.12. The molecule has 45 heavy (non-hydrogen) atoms. The van der Waals surface area contributed by atoms with Gasteiger partial charge in [0.2, 0.25) is 0 Å². The van der Waals surface area contributed by atoms with Crippen LogP contribution in [0.2, 0.25) is 0 Å². The van der Waals surface area contributed by atoms with Crippen molar-refractivity contribution in [3.63, 3.8) is 0 Å². The number of fused-ring (bicyclic) bond motifs is 2. The number of carbonyl (C=O) groups excluding carboxylic acids is 1. The van der Waals surface area contributed by atoms with E-state index in [1.807, 2.05) is 62.1 Å². The second-order valence-electron chi connectivity index (χ2n) is 12.4. The molecule has 3 fully saturated rings. The van der Waals surface area contributed by atoms with Crippen molar-refractivity contribution in [3.8, 4) is 11.1 Å². The van der Waals surface area contributed by atoms with Crippen molar-refractivity contribution in [2.75, 3.05) is 32.1 Å². The van der Waals surface area contributed by atoms with E-state index in [2.05, 4.69) is 26.1 Å². The molecule has 0 radical (unpaired) electrons. The van der Waals surface area contributed by atoms with E-state index in [-0.39, 0.29) is 33.7 Å². The van der Waals surface area contributed by atoms with Crippen LogP contribution < -0.4 is 5.73 Å². The molecule has 0 spiro atoms. The number of nitrogens with zero attached hydrogens (tertiary/aromatic N) is 3. The number of nitrogens with two attached hydrogens (primary N) is 1. The fourth-order valence-corrected chi connectivity index (χ4v) is 9.46. The molecular formula is C32H38BrFN4O6S. The molecule has 2 bridgehead atoms. The van der Waals surface area contributed by atoms with Gasteiger partial charge in [-0.25, -0.2) is 4.39 Å². The Morgan fingerprint density at radius 3 is 2.49 bits per heavy atom. The Morgan fingerprint density at radius 1 is 1.20 bits per heavy atom. The first-order valence-electron chi connectivity index (χ1n) is 14.9. The van der Waals surface area contributed by atoms with Gasteiger partial charge >= 0.3 is 0 Å². The summed E-state index contributed by atoms with van der Waals surface area (Å²) in [5, 5.41) is 4.10. The Hall–Kier alpha value is -3.13. The number of morpholine rings is 1. The molecule has 2 saturated carbocycles. The molecule has 1 aromatic heterocycles. The van der Waals surface area contributed by atoms with Crippen molar-refractivity contribution in [2.24, 2.45) is 27.5 Å². The number of guanidine groups is 1. The summed E-state index contributed by atoms with van der Waals surface area (Å²) in [6, 6.07) is 16.5. The van der Waals surface area contributed by atoms with Crippen LogP contribution in [0.25, 0.3) is 11.1 Å². The molecule has 2 heterocycles. The van der Waals surface area contributed by atoms with Gasteiger partial charge in [-0.3, -0.25) is 9.35 Å². The number of alkyl halides is 1. The number of aliphatic imine (C=N–C) groups is 1. The monoisotopic (exact) mass is 704 g/mol. The molecule has 3 N–H and O–H groups in total. The highest BCUT2D eigenvalue weighted by atomic mass is 79.9. The molecule has 242 valence electrons. The Labute approximate surface area is 271 Å². The molecule has 3 aromatic rings. The third-order valence-electron chi connectivity index (χ3n) is 9.64. The third kappa shape index (κ3) is 6.72. The maximum Gasteiger partial charge on any atom is 0.265 e. The number of hydrogen-bond donors (Lipinski definition) is 2. The summed E-state index contributed by atoms with van der Waals surface area (Å²) in [6.45, 7) is 8.44. The van der Waals surface area contributed by atoms with Crippen molar-refractivity contribution < 1.29 is 31.4 Å². The van der Waals surface area contributed by atoms with Crippen molar-refractivity contribution in [3.05, 3.63) is 71.7 Å². The van der Waals surface area contributed by atoms with E-state index in [0.29, 0.717) is 55.8 Å². The molecule has 3 unspecified atom stereocenters. The topological polar surface area (TPSA) is 148 Å². The average Bonchev–Trinajstić information content (AvgIpc) is 3.61. The van der Waals surface area contributed by atoms with Crippen LogP contribution in [0.3, 0.4) is 0 Å². The van der Waals surface area contributed by atoms with Crippen molar-refractivity contribution in [2.45, 2.75) is 44.4 Å². The molecule has 2 aromatic carbocycles. The number of rotatable bonds is 6. The number of hydrogen-bond acceptors (Lipinski definition) is 7. The van der Waals surface area contributed by atoms with Gasteiger partial charge in [0.25, 0.3) is 16.0 Å². The first kappa shape index (κ1) is 33.2. The van der Waals surface area contributed by atoms with E-state index < -0.39 is 21.3 Å². The lowest BCUT2D eigenvalue weighted by Gasteiger charge is -2.35. The van der Waals surface area contributed by atoms with E-state index >= 15 is 0 Å². The molecule has 3 aliphatic rings. The fourth-order valence-electron chi connectivity index (χ4n) is 6.81. The van der Waals surface area contributed by atoms with Crippen LogP contribution in [-0.4, -0.2) is 71.7 Å². The summed E-state index contributed by atoms with van der Waals surface area (Å²) in [4.78, 5) is 18.1. The molecule has 2 aliphatic carbocycles. The summed E-state index contributed by atoms with van der Waals surface area (Å²) in [5.74, 6) is -0.0394. The summed E-state index contributed by atoms with van der Waals surface area (Å²) in [6.07, 6.45) is 1.40. The molecule has 6 rings (SSSR count). The predicted molar refractivity (Wildman–Crippen MR) is 173 cm³/mol. The van der Waals surface area contributed by atoms with Gasteiger partial charge in [0.1, 0.15) is 5.82 Å². The van der Waals surface area contributed by atoms with Crippen LogP contribution in [0.5, 0.6) is 0 Å². The standard InChI is InChI=1S/C22H23FN4O2.C10H15BrO4S/c1-15(17-7-8-18(19(23)13-17)16-5-3-2-4-6-16)20-14-21(29-26-20)25-22(24)27-9-11-28-12-10-27;1-9(2)6-3-4-10(9,5-16(13,14)15)8(12)7(6)11/h2-8,13-15H,9-12H2,1H3,(H2,24,25);6-7H,3-5H2,1-2H3,(H,13,14,15)/t15-;/m0./s1. The molecule has 0 amide bonds. The zero-order valence-corrected chi connectivity index (χ0v) is 27.9. The van der Waals surface area contributed by atoms with E-state index in [1.165, 1.54) is 0 Å². The van der Waals surface area contributed by atoms with Crippen LogP contribution in [0.1, 0.15) is 50.8 Å². The lowest BCUT2D eigenvalue weighted by atomic mass is 9.70. The number of benzene rings is 2. The first-order chi connectivity index (χ1) is 21.2. The Balaban J connectivity index is 0.000000211. The quantitative estimate of drug-likeness (QED) is 0.146. The molecule has 1 saturated heterocycles. The van der Waals surface area contributed by atoms with Gasteiger partial charge in [-0.1, -0.05) is 84.3 Å². The minimum Gasteiger partial charge on any atom is -0.378 e. The third-order valence-corrected chi connectivity index (χ3v) is 11.6. The minimum absolute atomic E-state index is 0.0635. The second-order valence-corrected chi connectivity index (χ2v) is 14.9. The van der Waals surface area contributed by atoms with Gasteiger partial charge < -0.3 is 19.9 Å². The smallest absolute Gasteiger partial charge is 0.265 e. The molecular weight excluding hydrogens is 667 g/mol. The average molecular weight is 706 g/mol. The summed E-state index contributed by atoms with van der Waals surface area (Å²) >= 11 is 3.35. The number of ketones is 1. The lowest BCUT2D eigenvalue weighted by molar-refractivity contribution is -0.127. The van der Waals surface area contributed by atoms with E-state index in [9.17, 15) is 17.6 Å². The summed E-state index contributed by atoms with van der Waals surface area (Å²) < 4.78 is 56.6. The molecule has 10 nitrogen and oxygen atoms in total. The van der Waals surface area contributed by atoms with Crippen LogP contribution in [-0.2, 0) is 19.6 Å². The van der Waals surface area contributed by atoms with Gasteiger partial charge in [0, 0.05) is 30.6 Å². The number of ether oxygens (including phenoxy) is 1. The van der Waals surface area contributed by atoms with Crippen molar-refractivity contribution in [1.29, 1.82) is 0 Å². The maximum atomic E-state index is 14.7. The maximum absolute atomic E-state index is 14.7. The Kier molecular flexibility index (Phi) is 9.55.